The predicted octanol–water partition coefficient (Wildman–Crippen LogP) is 1.38. The number of carbonyl (C=O) groups is 3. The van der Waals surface area contributed by atoms with E-state index in [2.05, 4.69) is 20.6 Å². The fraction of sp³-hybridized carbons (Fsp3) is 0.611. The van der Waals surface area contributed by atoms with E-state index in [4.69, 9.17) is 0 Å². The Bertz CT molecular complexity index is 629. The smallest absolute Gasteiger partial charge is 0.326 e. The third-order valence-corrected chi connectivity index (χ3v) is 4.72. The molecule has 0 aromatic carbocycles. The van der Waals surface area contributed by atoms with Crippen LogP contribution in [0.5, 0.6) is 0 Å². The van der Waals surface area contributed by atoms with Gasteiger partial charge < -0.3 is 15.7 Å². The molecule has 0 bridgehead atoms. The molecule has 0 saturated heterocycles. The number of nitrogens with zero attached hydrogens (tertiary/aromatic N) is 2. The minimum absolute atomic E-state index is 0.0222. The van der Waals surface area contributed by atoms with E-state index in [1.165, 1.54) is 18.6 Å². The maximum Gasteiger partial charge on any atom is 0.326 e. The predicted molar refractivity (Wildman–Crippen MR) is 94.3 cm³/mol. The molecule has 8 nitrogen and oxygen atoms in total. The van der Waals surface area contributed by atoms with E-state index >= 15 is 0 Å². The first-order chi connectivity index (χ1) is 12.4. The van der Waals surface area contributed by atoms with Crippen LogP contribution in [0.15, 0.2) is 18.6 Å². The van der Waals surface area contributed by atoms with Gasteiger partial charge in [0.25, 0.3) is 5.91 Å². The molecule has 142 valence electrons. The second-order valence-electron chi connectivity index (χ2n) is 7.01. The molecule has 0 aliphatic heterocycles. The number of nitrogens with one attached hydrogen (secondary N) is 2. The largest absolute Gasteiger partial charge is 0.480 e. The number of hydrogen-bond acceptors (Lipinski definition) is 5. The topological polar surface area (TPSA) is 121 Å². The molecule has 0 spiro atoms. The molecule has 26 heavy (non-hydrogen) atoms. The zero-order valence-corrected chi connectivity index (χ0v) is 15.1. The molecular weight excluding hydrogens is 336 g/mol. The molecule has 1 fully saturated rings. The van der Waals surface area contributed by atoms with Crippen LogP contribution in [0, 0.1) is 11.8 Å². The van der Waals surface area contributed by atoms with Gasteiger partial charge in [-0.05, 0) is 24.7 Å². The van der Waals surface area contributed by atoms with Crippen molar-refractivity contribution in [3.63, 3.8) is 0 Å². The number of amides is 2. The second kappa shape index (κ2) is 9.26. The molecule has 2 amide bonds. The van der Waals surface area contributed by atoms with Crippen LogP contribution in [0.4, 0.5) is 0 Å². The molecule has 1 aliphatic rings. The van der Waals surface area contributed by atoms with Gasteiger partial charge in [-0.1, -0.05) is 33.1 Å². The number of carbonyl (C=O) groups excluding carboxylic acids is 2. The van der Waals surface area contributed by atoms with Gasteiger partial charge in [0.05, 0.1) is 6.20 Å². The van der Waals surface area contributed by atoms with Gasteiger partial charge in [0.15, 0.2) is 0 Å². The quantitative estimate of drug-likeness (QED) is 0.674. The lowest BCUT2D eigenvalue weighted by Crippen LogP contribution is -2.56. The Labute approximate surface area is 152 Å². The number of aliphatic carboxylic acids is 1. The van der Waals surface area contributed by atoms with E-state index in [0.717, 1.165) is 32.1 Å². The van der Waals surface area contributed by atoms with E-state index < -0.39 is 29.9 Å². The fourth-order valence-electron chi connectivity index (χ4n) is 3.25. The first kappa shape index (κ1) is 19.8. The minimum atomic E-state index is -1.09. The zero-order chi connectivity index (χ0) is 19.1. The van der Waals surface area contributed by atoms with Crippen LogP contribution in [0.1, 0.15) is 56.4 Å². The van der Waals surface area contributed by atoms with Crippen LogP contribution in [0.2, 0.25) is 0 Å². The summed E-state index contributed by atoms with van der Waals surface area (Å²) in [5.74, 6) is -2.32. The SMILES string of the molecule is CC(C)[C@H](NC(=O)[C@@H](NC(=O)c1cnccn1)C1CCCCC1)C(=O)O. The monoisotopic (exact) mass is 362 g/mol. The maximum absolute atomic E-state index is 12.8. The van der Waals surface area contributed by atoms with Crippen LogP contribution >= 0.6 is 0 Å². The van der Waals surface area contributed by atoms with Crippen LogP contribution in [0.25, 0.3) is 0 Å². The molecule has 1 aromatic heterocycles. The second-order valence-corrected chi connectivity index (χ2v) is 7.01. The average Bonchev–Trinajstić information content (AvgIpc) is 2.64. The Balaban J connectivity index is 2.16. The summed E-state index contributed by atoms with van der Waals surface area (Å²) >= 11 is 0. The van der Waals surface area contributed by atoms with Crippen LogP contribution in [-0.4, -0.2) is 44.9 Å². The summed E-state index contributed by atoms with van der Waals surface area (Å²) in [5.41, 5.74) is 0.125. The Kier molecular flexibility index (Phi) is 7.06. The van der Waals surface area contributed by atoms with Crippen molar-refractivity contribution in [1.82, 2.24) is 20.6 Å². The summed E-state index contributed by atoms with van der Waals surface area (Å²) in [7, 11) is 0. The summed E-state index contributed by atoms with van der Waals surface area (Å²) in [6, 6.07) is -1.78. The highest BCUT2D eigenvalue weighted by Gasteiger charge is 2.34. The van der Waals surface area contributed by atoms with Gasteiger partial charge in [0, 0.05) is 12.4 Å². The molecule has 1 saturated carbocycles. The van der Waals surface area contributed by atoms with Crippen molar-refractivity contribution in [2.75, 3.05) is 0 Å². The third-order valence-electron chi connectivity index (χ3n) is 4.72. The third kappa shape index (κ3) is 5.24. The van der Waals surface area contributed by atoms with Crippen molar-refractivity contribution in [3.05, 3.63) is 24.3 Å². The molecule has 2 atom stereocenters. The summed E-state index contributed by atoms with van der Waals surface area (Å²) in [4.78, 5) is 44.5. The van der Waals surface area contributed by atoms with Gasteiger partial charge in [-0.3, -0.25) is 14.6 Å². The van der Waals surface area contributed by atoms with Crippen molar-refractivity contribution in [3.8, 4) is 0 Å². The standard InChI is InChI=1S/C18H26N4O4/c1-11(2)14(18(25)26)21-17(24)15(12-6-4-3-5-7-12)22-16(23)13-10-19-8-9-20-13/h8-12,14-15H,3-7H2,1-2H3,(H,21,24)(H,22,23)(H,25,26)/t14-,15-/m0/s1. The summed E-state index contributed by atoms with van der Waals surface area (Å²) in [6.45, 7) is 3.46. The van der Waals surface area contributed by atoms with E-state index in [-0.39, 0.29) is 17.5 Å². The first-order valence-electron chi connectivity index (χ1n) is 9.00. The fourth-order valence-corrected chi connectivity index (χ4v) is 3.25. The van der Waals surface area contributed by atoms with Gasteiger partial charge in [0.2, 0.25) is 5.91 Å². The molecule has 0 unspecified atom stereocenters. The molecule has 1 heterocycles. The molecule has 2 rings (SSSR count). The number of rotatable bonds is 7. The van der Waals surface area contributed by atoms with E-state index in [1.54, 1.807) is 13.8 Å². The molecule has 8 heteroatoms. The molecule has 3 N–H and O–H groups in total. The zero-order valence-electron chi connectivity index (χ0n) is 15.1. The maximum atomic E-state index is 12.8. The Morgan fingerprint density at radius 2 is 1.81 bits per heavy atom. The van der Waals surface area contributed by atoms with Gasteiger partial charge in [-0.15, -0.1) is 0 Å². The number of carboxylic acids is 1. The van der Waals surface area contributed by atoms with E-state index in [9.17, 15) is 19.5 Å². The van der Waals surface area contributed by atoms with Crippen LogP contribution < -0.4 is 10.6 Å². The molecular formula is C18H26N4O4. The van der Waals surface area contributed by atoms with Crippen molar-refractivity contribution >= 4 is 17.8 Å². The molecule has 0 radical (unpaired) electrons. The number of aromatic nitrogens is 2. The van der Waals surface area contributed by atoms with Gasteiger partial charge >= 0.3 is 5.97 Å². The number of carboxylic acid groups (broad SMARTS) is 1. The lowest BCUT2D eigenvalue weighted by Gasteiger charge is -2.31. The highest BCUT2D eigenvalue weighted by atomic mass is 16.4. The van der Waals surface area contributed by atoms with Crippen LogP contribution in [0.3, 0.4) is 0 Å². The van der Waals surface area contributed by atoms with Gasteiger partial charge in [0.1, 0.15) is 17.8 Å². The summed E-state index contributed by atoms with van der Waals surface area (Å²) in [6.07, 6.45) is 8.92. The normalized spacial score (nSPS) is 17.3. The Morgan fingerprint density at radius 3 is 2.35 bits per heavy atom. The Morgan fingerprint density at radius 1 is 1.12 bits per heavy atom. The van der Waals surface area contributed by atoms with Crippen molar-refractivity contribution in [2.45, 2.75) is 58.0 Å². The lowest BCUT2D eigenvalue weighted by molar-refractivity contribution is -0.143. The van der Waals surface area contributed by atoms with E-state index in [1.807, 2.05) is 0 Å². The molecule has 1 aromatic rings. The van der Waals surface area contributed by atoms with Crippen molar-refractivity contribution < 1.29 is 19.5 Å². The average molecular weight is 362 g/mol. The van der Waals surface area contributed by atoms with Crippen molar-refractivity contribution in [1.29, 1.82) is 0 Å². The molecule has 1 aliphatic carbocycles. The summed E-state index contributed by atoms with van der Waals surface area (Å²) < 4.78 is 0. The lowest BCUT2D eigenvalue weighted by atomic mass is 9.83. The minimum Gasteiger partial charge on any atom is -0.480 e. The highest BCUT2D eigenvalue weighted by Crippen LogP contribution is 2.27. The van der Waals surface area contributed by atoms with Crippen molar-refractivity contribution in [2.24, 2.45) is 11.8 Å². The van der Waals surface area contributed by atoms with Gasteiger partial charge in [-0.2, -0.15) is 0 Å². The highest BCUT2D eigenvalue weighted by molar-refractivity contribution is 5.96. The summed E-state index contributed by atoms with van der Waals surface area (Å²) in [5, 5.41) is 14.6. The van der Waals surface area contributed by atoms with Gasteiger partial charge in [-0.25, -0.2) is 9.78 Å². The number of hydrogen-bond donors (Lipinski definition) is 3. The van der Waals surface area contributed by atoms with Crippen LogP contribution in [-0.2, 0) is 9.59 Å². The first-order valence-corrected chi connectivity index (χ1v) is 9.00. The Hall–Kier alpha value is -2.51. The van der Waals surface area contributed by atoms with E-state index in [0.29, 0.717) is 0 Å².